The summed E-state index contributed by atoms with van der Waals surface area (Å²) in [5.41, 5.74) is 3.26. The van der Waals surface area contributed by atoms with E-state index < -0.39 is 17.6 Å². The van der Waals surface area contributed by atoms with E-state index in [4.69, 9.17) is 27.9 Å². The topological polar surface area (TPSA) is 79.8 Å². The maximum Gasteiger partial charge on any atom is 0.329 e. The number of carbonyl (C=O) groups excluding carboxylic acids is 2. The third-order valence-corrected chi connectivity index (χ3v) is 4.72. The molecule has 158 valence electrons. The summed E-state index contributed by atoms with van der Waals surface area (Å²) < 4.78 is 19.3. The van der Waals surface area contributed by atoms with Gasteiger partial charge in [-0.1, -0.05) is 53.5 Å². The molecule has 0 radical (unpaired) electrons. The van der Waals surface area contributed by atoms with Gasteiger partial charge in [-0.05, 0) is 42.0 Å². The zero-order valence-electron chi connectivity index (χ0n) is 15.9. The molecule has 3 aromatic carbocycles. The third kappa shape index (κ3) is 6.28. The van der Waals surface area contributed by atoms with E-state index in [0.717, 1.165) is 0 Å². The van der Waals surface area contributed by atoms with Crippen molar-refractivity contribution >= 4 is 46.9 Å². The van der Waals surface area contributed by atoms with Crippen molar-refractivity contribution in [1.29, 1.82) is 0 Å². The van der Waals surface area contributed by atoms with Crippen molar-refractivity contribution in [2.45, 2.75) is 6.61 Å². The summed E-state index contributed by atoms with van der Waals surface area (Å²) in [7, 11) is 0. The highest BCUT2D eigenvalue weighted by Crippen LogP contribution is 2.26. The SMILES string of the molecule is O=C(N/N=C/c1cccc(OCc2c(Cl)cccc2Cl)c1)C(=O)Nc1ccccc1F. The molecule has 0 bridgehead atoms. The summed E-state index contributed by atoms with van der Waals surface area (Å²) in [4.78, 5) is 23.7. The largest absolute Gasteiger partial charge is 0.489 e. The molecule has 0 fully saturated rings. The maximum atomic E-state index is 13.5. The van der Waals surface area contributed by atoms with Crippen LogP contribution >= 0.6 is 23.2 Å². The van der Waals surface area contributed by atoms with Crippen molar-refractivity contribution in [2.24, 2.45) is 5.10 Å². The van der Waals surface area contributed by atoms with E-state index in [1.54, 1.807) is 42.5 Å². The van der Waals surface area contributed by atoms with E-state index in [1.807, 2.05) is 0 Å². The molecule has 0 saturated heterocycles. The van der Waals surface area contributed by atoms with Crippen molar-refractivity contribution in [2.75, 3.05) is 5.32 Å². The summed E-state index contributed by atoms with van der Waals surface area (Å²) in [5.74, 6) is -2.21. The molecule has 0 aliphatic carbocycles. The van der Waals surface area contributed by atoms with Gasteiger partial charge in [0.25, 0.3) is 0 Å². The van der Waals surface area contributed by atoms with Gasteiger partial charge in [-0.25, -0.2) is 9.82 Å². The summed E-state index contributed by atoms with van der Waals surface area (Å²) in [6, 6.07) is 17.6. The Balaban J connectivity index is 1.56. The highest BCUT2D eigenvalue weighted by atomic mass is 35.5. The van der Waals surface area contributed by atoms with Crippen molar-refractivity contribution in [3.05, 3.63) is 93.7 Å². The standard InChI is InChI=1S/C22H16Cl2FN3O3/c23-17-7-4-8-18(24)16(17)13-31-15-6-3-5-14(11-15)12-26-28-22(30)21(29)27-20-10-2-1-9-19(20)25/h1-12H,13H2,(H,27,29)(H,28,30)/b26-12+. The first-order chi connectivity index (χ1) is 14.9. The molecule has 0 heterocycles. The minimum absolute atomic E-state index is 0.102. The Bertz CT molecular complexity index is 1120. The zero-order chi connectivity index (χ0) is 22.2. The lowest BCUT2D eigenvalue weighted by molar-refractivity contribution is -0.136. The molecule has 0 saturated carbocycles. The number of benzene rings is 3. The summed E-state index contributed by atoms with van der Waals surface area (Å²) in [5, 5.41) is 6.91. The second kappa shape index (κ2) is 10.6. The Morgan fingerprint density at radius 2 is 1.68 bits per heavy atom. The normalized spacial score (nSPS) is 10.7. The molecule has 0 unspecified atom stereocenters. The van der Waals surface area contributed by atoms with Gasteiger partial charge in [-0.2, -0.15) is 5.10 Å². The zero-order valence-corrected chi connectivity index (χ0v) is 17.5. The Kier molecular flexibility index (Phi) is 7.59. The van der Waals surface area contributed by atoms with Gasteiger partial charge < -0.3 is 10.1 Å². The van der Waals surface area contributed by atoms with Gasteiger partial charge in [0, 0.05) is 15.6 Å². The van der Waals surface area contributed by atoms with Crippen LogP contribution in [-0.2, 0) is 16.2 Å². The average molecular weight is 460 g/mol. The van der Waals surface area contributed by atoms with Crippen molar-refractivity contribution < 1.29 is 18.7 Å². The highest BCUT2D eigenvalue weighted by Gasteiger charge is 2.14. The molecule has 0 aliphatic heterocycles. The minimum Gasteiger partial charge on any atom is -0.489 e. The number of nitrogens with zero attached hydrogens (tertiary/aromatic N) is 1. The number of amides is 2. The van der Waals surface area contributed by atoms with E-state index in [9.17, 15) is 14.0 Å². The lowest BCUT2D eigenvalue weighted by atomic mass is 10.2. The van der Waals surface area contributed by atoms with Crippen LogP contribution in [0.2, 0.25) is 10.0 Å². The molecule has 0 aliphatic rings. The van der Waals surface area contributed by atoms with Crippen LogP contribution in [0.15, 0.2) is 71.8 Å². The van der Waals surface area contributed by atoms with Crippen LogP contribution in [-0.4, -0.2) is 18.0 Å². The van der Waals surface area contributed by atoms with E-state index in [2.05, 4.69) is 15.8 Å². The minimum atomic E-state index is -1.05. The number of hydrogen-bond donors (Lipinski definition) is 2. The van der Waals surface area contributed by atoms with Crippen LogP contribution in [0.1, 0.15) is 11.1 Å². The Labute approximate surface area is 187 Å². The smallest absolute Gasteiger partial charge is 0.329 e. The quantitative estimate of drug-likeness (QED) is 0.315. The number of para-hydroxylation sites is 1. The molecule has 3 rings (SSSR count). The van der Waals surface area contributed by atoms with Gasteiger partial charge in [-0.3, -0.25) is 9.59 Å². The fourth-order valence-corrected chi connectivity index (χ4v) is 2.97. The number of anilines is 1. The number of halogens is 3. The average Bonchev–Trinajstić information content (AvgIpc) is 2.75. The van der Waals surface area contributed by atoms with E-state index >= 15 is 0 Å². The number of ether oxygens (including phenoxy) is 1. The van der Waals surface area contributed by atoms with Crippen LogP contribution in [0, 0.1) is 5.82 Å². The van der Waals surface area contributed by atoms with Gasteiger partial charge in [-0.15, -0.1) is 0 Å². The van der Waals surface area contributed by atoms with E-state index in [1.165, 1.54) is 30.5 Å². The van der Waals surface area contributed by atoms with E-state index in [0.29, 0.717) is 26.9 Å². The highest BCUT2D eigenvalue weighted by molar-refractivity contribution is 6.39. The van der Waals surface area contributed by atoms with Crippen molar-refractivity contribution in [3.8, 4) is 5.75 Å². The maximum absolute atomic E-state index is 13.5. The fraction of sp³-hybridized carbons (Fsp3) is 0.0455. The molecular formula is C22H16Cl2FN3O3. The van der Waals surface area contributed by atoms with Gasteiger partial charge >= 0.3 is 11.8 Å². The number of carbonyl (C=O) groups is 2. The number of hydrogen-bond acceptors (Lipinski definition) is 4. The first-order valence-electron chi connectivity index (χ1n) is 8.98. The molecule has 3 aromatic rings. The molecule has 0 atom stereocenters. The van der Waals surface area contributed by atoms with Gasteiger partial charge in [0.05, 0.1) is 11.9 Å². The Morgan fingerprint density at radius 3 is 2.42 bits per heavy atom. The molecule has 2 amide bonds. The fourth-order valence-electron chi connectivity index (χ4n) is 2.47. The lowest BCUT2D eigenvalue weighted by Gasteiger charge is -2.09. The van der Waals surface area contributed by atoms with Crippen LogP contribution in [0.25, 0.3) is 0 Å². The second-order valence-corrected chi connectivity index (χ2v) is 7.01. The van der Waals surface area contributed by atoms with Crippen LogP contribution in [0.5, 0.6) is 5.75 Å². The van der Waals surface area contributed by atoms with Crippen molar-refractivity contribution in [3.63, 3.8) is 0 Å². The van der Waals surface area contributed by atoms with Crippen LogP contribution in [0.4, 0.5) is 10.1 Å². The number of rotatable bonds is 6. The first kappa shape index (κ1) is 22.3. The second-order valence-electron chi connectivity index (χ2n) is 6.19. The van der Waals surface area contributed by atoms with Gasteiger partial charge in [0.2, 0.25) is 0 Å². The Morgan fingerprint density at radius 1 is 0.968 bits per heavy atom. The summed E-state index contributed by atoms with van der Waals surface area (Å²) >= 11 is 12.3. The Hall–Kier alpha value is -3.42. The van der Waals surface area contributed by atoms with E-state index in [-0.39, 0.29) is 12.3 Å². The molecule has 0 aromatic heterocycles. The molecule has 0 spiro atoms. The molecule has 2 N–H and O–H groups in total. The first-order valence-corrected chi connectivity index (χ1v) is 9.74. The van der Waals surface area contributed by atoms with Crippen LogP contribution in [0.3, 0.4) is 0 Å². The summed E-state index contributed by atoms with van der Waals surface area (Å²) in [6.07, 6.45) is 1.34. The molecule has 31 heavy (non-hydrogen) atoms. The predicted molar refractivity (Wildman–Crippen MR) is 118 cm³/mol. The van der Waals surface area contributed by atoms with Gasteiger partial charge in [0.1, 0.15) is 18.2 Å². The number of hydrazone groups is 1. The van der Waals surface area contributed by atoms with Crippen LogP contribution < -0.4 is 15.5 Å². The van der Waals surface area contributed by atoms with Crippen molar-refractivity contribution in [1.82, 2.24) is 5.43 Å². The monoisotopic (exact) mass is 459 g/mol. The molecular weight excluding hydrogens is 444 g/mol. The third-order valence-electron chi connectivity index (χ3n) is 4.01. The molecule has 6 nitrogen and oxygen atoms in total. The van der Waals surface area contributed by atoms with Gasteiger partial charge in [0.15, 0.2) is 0 Å². The summed E-state index contributed by atoms with van der Waals surface area (Å²) in [6.45, 7) is 0.173. The molecule has 9 heteroatoms. The lowest BCUT2D eigenvalue weighted by Crippen LogP contribution is -2.32. The number of nitrogens with one attached hydrogen (secondary N) is 2. The predicted octanol–water partition coefficient (Wildman–Crippen LogP) is 4.80.